The first kappa shape index (κ1) is 58.7. The quantitative estimate of drug-likeness (QED) is 0.0521. The molecule has 8 aliphatic rings. The fourth-order valence-electron chi connectivity index (χ4n) is 15.6. The molecule has 0 aromatic rings. The normalized spacial score (nSPS) is 53.2. The maximum atomic E-state index is 14.2. The number of aliphatic hydroxyl groups is 13. The van der Waals surface area contributed by atoms with E-state index in [9.17, 15) is 71.2 Å². The first-order valence-corrected chi connectivity index (χ1v) is 26.7. The van der Waals surface area contributed by atoms with E-state index in [2.05, 4.69) is 19.9 Å². The molecule has 0 aromatic carbocycles. The minimum atomic E-state index is -1.83. The van der Waals surface area contributed by atoms with Crippen molar-refractivity contribution in [2.75, 3.05) is 19.8 Å². The summed E-state index contributed by atoms with van der Waals surface area (Å²) >= 11 is 0. The van der Waals surface area contributed by atoms with Gasteiger partial charge < -0.3 is 109 Å². The van der Waals surface area contributed by atoms with Crippen LogP contribution in [0.15, 0.2) is 11.6 Å². The minimum Gasteiger partial charge on any atom is -0.394 e. The number of carbonyl (C=O) groups is 1. The van der Waals surface area contributed by atoms with Gasteiger partial charge in [-0.15, -0.1) is 0 Å². The van der Waals surface area contributed by atoms with Crippen molar-refractivity contribution in [3.8, 4) is 0 Å². The number of aldehydes is 1. The van der Waals surface area contributed by atoms with E-state index in [1.54, 1.807) is 0 Å². The van der Waals surface area contributed by atoms with Gasteiger partial charge in [0.2, 0.25) is 0 Å². The average molecular weight is 1060 g/mol. The zero-order valence-electron chi connectivity index (χ0n) is 43.9. The highest BCUT2D eigenvalue weighted by Gasteiger charge is 2.74. The highest BCUT2D eigenvalue weighted by atomic mass is 16.8. The molecule has 4 aliphatic heterocycles. The van der Waals surface area contributed by atoms with Gasteiger partial charge in [-0.2, -0.15) is 0 Å². The summed E-state index contributed by atoms with van der Waals surface area (Å²) < 4.78 is 49.2. The molecule has 4 saturated carbocycles. The van der Waals surface area contributed by atoms with Crippen molar-refractivity contribution in [1.82, 2.24) is 0 Å². The van der Waals surface area contributed by atoms with Gasteiger partial charge in [0.05, 0.1) is 49.8 Å². The van der Waals surface area contributed by atoms with Gasteiger partial charge in [-0.05, 0) is 119 Å². The van der Waals surface area contributed by atoms with E-state index in [0.29, 0.717) is 38.5 Å². The number of rotatable bonds is 14. The molecule has 0 amide bonds. The zero-order valence-corrected chi connectivity index (χ0v) is 43.9. The average Bonchev–Trinajstić information content (AvgIpc) is 3.73. The third-order valence-electron chi connectivity index (χ3n) is 19.9. The molecule has 22 heteroatoms. The lowest BCUT2D eigenvalue weighted by Gasteiger charge is -2.70. The van der Waals surface area contributed by atoms with Crippen LogP contribution < -0.4 is 0 Å². The number of hydrogen-bond donors (Lipinski definition) is 13. The topological polar surface area (TPSA) is 354 Å². The maximum Gasteiger partial charge on any atom is 0.187 e. The Labute approximate surface area is 432 Å². The Morgan fingerprint density at radius 2 is 1.26 bits per heavy atom. The van der Waals surface area contributed by atoms with Crippen LogP contribution in [0.25, 0.3) is 0 Å². The van der Waals surface area contributed by atoms with Gasteiger partial charge in [-0.3, -0.25) is 0 Å². The number of carbonyl (C=O) groups excluding carboxylic acids is 1. The van der Waals surface area contributed by atoms with Gasteiger partial charge >= 0.3 is 0 Å². The second-order valence-corrected chi connectivity index (χ2v) is 24.7. The van der Waals surface area contributed by atoms with Crippen LogP contribution in [0.5, 0.6) is 0 Å². The molecule has 4 heterocycles. The largest absolute Gasteiger partial charge is 0.394 e. The second-order valence-electron chi connectivity index (χ2n) is 24.7. The lowest BCUT2D eigenvalue weighted by Crippen LogP contribution is -2.71. The van der Waals surface area contributed by atoms with E-state index >= 15 is 0 Å². The summed E-state index contributed by atoms with van der Waals surface area (Å²) in [5, 5.41) is 143. The van der Waals surface area contributed by atoms with E-state index in [4.69, 9.17) is 37.9 Å². The standard InChI is InChI=1S/C52H86O22/c1-22(2)10-9-13-51(8,74-46-40(66)37(63)35(61)29(18-53)70-46)24-11-14-50(7)32(24)25(55)16-31-49(50,6)15-12-30-48(4,5)43(26(56)17-52(30,31)21-54)73-47-42(72-45-39(65)36(62)33(59)23(3)69-45)41(28(58)20-68-47)71-44-38(64)34(60)27(57)19-67-44/h10,21,23-47,53,55-66H,9,11-20H2,1-8H3/t23-,24-,25+,26+,27+,28-,29+,30-,31-,32-,33-,34-,35+,36+,37-,38+,39+,40+,41-,42+,43-,44-,45-,46-,47-,49+,50+,51-,52+/m0/s1. The molecular formula is C52H86O22. The molecule has 22 nitrogen and oxygen atoms in total. The fraction of sp³-hybridized carbons (Fsp3) is 0.942. The van der Waals surface area contributed by atoms with Crippen molar-refractivity contribution in [2.45, 2.75) is 241 Å². The van der Waals surface area contributed by atoms with E-state index in [1.807, 2.05) is 34.6 Å². The molecule has 0 bridgehead atoms. The maximum absolute atomic E-state index is 14.2. The van der Waals surface area contributed by atoms with Crippen molar-refractivity contribution >= 4 is 6.29 Å². The molecular weight excluding hydrogens is 977 g/mol. The number of allylic oxidation sites excluding steroid dienone is 2. The van der Waals surface area contributed by atoms with Crippen molar-refractivity contribution in [2.24, 2.45) is 45.3 Å². The van der Waals surface area contributed by atoms with E-state index < -0.39 is 188 Å². The number of hydrogen-bond acceptors (Lipinski definition) is 22. The molecule has 0 radical (unpaired) electrons. The smallest absolute Gasteiger partial charge is 0.187 e. The van der Waals surface area contributed by atoms with Gasteiger partial charge in [-0.1, -0.05) is 39.3 Å². The Bertz CT molecular complexity index is 1960. The Morgan fingerprint density at radius 1 is 0.649 bits per heavy atom. The minimum absolute atomic E-state index is 0.0672. The number of fused-ring (bicyclic) bond motifs is 5. The van der Waals surface area contributed by atoms with Crippen molar-refractivity contribution < 1.29 is 109 Å². The van der Waals surface area contributed by atoms with Crippen molar-refractivity contribution in [3.63, 3.8) is 0 Å². The summed E-state index contributed by atoms with van der Waals surface area (Å²) in [5.74, 6) is -1.55. The molecule has 8 rings (SSSR count). The highest BCUT2D eigenvalue weighted by molar-refractivity contribution is 5.63. The van der Waals surface area contributed by atoms with Crippen LogP contribution in [0, 0.1) is 45.3 Å². The van der Waals surface area contributed by atoms with E-state index in [1.165, 1.54) is 6.92 Å². The summed E-state index contributed by atoms with van der Waals surface area (Å²) in [6.07, 6.45) is -24.7. The molecule has 4 aliphatic carbocycles. The monoisotopic (exact) mass is 1060 g/mol. The Hall–Kier alpha value is -1.43. The van der Waals surface area contributed by atoms with Crippen molar-refractivity contribution in [3.05, 3.63) is 11.6 Å². The van der Waals surface area contributed by atoms with E-state index in [-0.39, 0.29) is 24.7 Å². The molecule has 4 saturated heterocycles. The molecule has 0 aromatic heterocycles. The van der Waals surface area contributed by atoms with Crippen molar-refractivity contribution in [1.29, 1.82) is 0 Å². The summed E-state index contributed by atoms with van der Waals surface area (Å²) in [7, 11) is 0. The zero-order chi connectivity index (χ0) is 54.4. The lowest BCUT2D eigenvalue weighted by molar-refractivity contribution is -0.387. The highest BCUT2D eigenvalue weighted by Crippen LogP contribution is 2.76. The van der Waals surface area contributed by atoms with Gasteiger partial charge in [0.1, 0.15) is 85.6 Å². The predicted octanol–water partition coefficient (Wildman–Crippen LogP) is -1.75. The molecule has 74 heavy (non-hydrogen) atoms. The Kier molecular flexibility index (Phi) is 17.4. The lowest BCUT2D eigenvalue weighted by atomic mass is 9.34. The second kappa shape index (κ2) is 21.9. The van der Waals surface area contributed by atoms with Crippen LogP contribution in [0.3, 0.4) is 0 Å². The fourth-order valence-corrected chi connectivity index (χ4v) is 15.6. The van der Waals surface area contributed by atoms with Crippen LogP contribution >= 0.6 is 0 Å². The van der Waals surface area contributed by atoms with Crippen LogP contribution in [0.4, 0.5) is 0 Å². The molecule has 29 atom stereocenters. The van der Waals surface area contributed by atoms with Crippen LogP contribution in [-0.4, -0.2) is 227 Å². The summed E-state index contributed by atoms with van der Waals surface area (Å²) in [5.41, 5.74) is -3.35. The van der Waals surface area contributed by atoms with Gasteiger partial charge in [-0.25, -0.2) is 0 Å². The summed E-state index contributed by atoms with van der Waals surface area (Å²) in [4.78, 5) is 14.2. The first-order valence-electron chi connectivity index (χ1n) is 26.7. The third-order valence-corrected chi connectivity index (χ3v) is 19.9. The Balaban J connectivity index is 1.07. The summed E-state index contributed by atoms with van der Waals surface area (Å²) in [6, 6.07) is 0. The Morgan fingerprint density at radius 3 is 1.92 bits per heavy atom. The van der Waals surface area contributed by atoms with Gasteiger partial charge in [0.25, 0.3) is 0 Å². The number of ether oxygens (including phenoxy) is 8. The summed E-state index contributed by atoms with van der Waals surface area (Å²) in [6.45, 7) is 14.0. The van der Waals surface area contributed by atoms with Crippen LogP contribution in [0.2, 0.25) is 0 Å². The van der Waals surface area contributed by atoms with Crippen LogP contribution in [-0.2, 0) is 42.7 Å². The van der Waals surface area contributed by atoms with E-state index in [0.717, 1.165) is 11.9 Å². The predicted molar refractivity (Wildman–Crippen MR) is 255 cm³/mol. The molecule has 426 valence electrons. The molecule has 0 spiro atoms. The molecule has 8 fully saturated rings. The van der Waals surface area contributed by atoms with Gasteiger partial charge in [0, 0.05) is 5.41 Å². The SMILES string of the molecule is CC(C)=CCC[C@](C)(O[C@@H]1O[C@H](CO)[C@@H](O)[C@H](O)[C@H]1O)[C@H]1CC[C@]2(C)[C@@H]1[C@H](O)C[C@@H]1[C@@]3(C=O)C[C@@H](O)[C@H](O[C@@H]4OC[C@H](O)[C@H](O[C@@H]5OC[C@@H](O)[C@H](O)[C@H]5O)[C@H]4O[C@@H]4O[C@@H](C)[C@H](O)[C@@H](O)[C@H]4O)C(C)(C)[C@@H]3CC[C@]12C. The van der Waals surface area contributed by atoms with Crippen LogP contribution in [0.1, 0.15) is 107 Å². The number of aliphatic hydroxyl groups excluding tert-OH is 13. The molecule has 0 unspecified atom stereocenters. The first-order chi connectivity index (χ1) is 34.6. The van der Waals surface area contributed by atoms with Gasteiger partial charge in [0.15, 0.2) is 25.2 Å². The third kappa shape index (κ3) is 9.92. The molecule has 13 N–H and O–H groups in total.